The lowest BCUT2D eigenvalue weighted by atomic mass is 10.1. The minimum absolute atomic E-state index is 0.0111. The average molecular weight is 375 g/mol. The number of carbonyl (C=O) groups is 2. The van der Waals surface area contributed by atoms with Crippen LogP contribution in [0.25, 0.3) is 10.9 Å². The number of hydrogen-bond acceptors (Lipinski definition) is 6. The number of nitrogens with zero attached hydrogens (tertiary/aromatic N) is 4. The number of carboxylic acids is 1. The van der Waals surface area contributed by atoms with Gasteiger partial charge in [-0.05, 0) is 25.0 Å². The number of aliphatic carboxylic acids is 1. The number of rotatable bonds is 9. The molecule has 0 saturated heterocycles. The number of aliphatic imine (C=N–C) groups is 1. The Kier molecular flexibility index (Phi) is 6.80. The molecule has 11 nitrogen and oxygen atoms in total. The van der Waals surface area contributed by atoms with Crippen molar-refractivity contribution in [3.8, 4) is 0 Å². The van der Waals surface area contributed by atoms with Crippen LogP contribution >= 0.6 is 0 Å². The third kappa shape index (κ3) is 5.76. The van der Waals surface area contributed by atoms with Crippen molar-refractivity contribution >= 4 is 28.7 Å². The molecule has 1 unspecified atom stereocenters. The minimum atomic E-state index is -1.16. The normalized spacial score (nSPS) is 11.7. The standard InChI is InChI=1S/C16H21N7O4/c17-16(18)19-8-3-6-12(15(26)27)20-13(24)7-9-23-14(25)10-4-1-2-5-11(10)21-22-23/h1-2,4-5,12H,3,6-9H2,(H,20,24)(H,26,27)(H4,17,18,19). The van der Waals surface area contributed by atoms with E-state index in [4.69, 9.17) is 11.5 Å². The van der Waals surface area contributed by atoms with Crippen molar-refractivity contribution in [2.24, 2.45) is 16.5 Å². The van der Waals surface area contributed by atoms with Gasteiger partial charge in [-0.2, -0.15) is 0 Å². The number of guanidine groups is 1. The van der Waals surface area contributed by atoms with Crippen LogP contribution in [0.3, 0.4) is 0 Å². The highest BCUT2D eigenvalue weighted by atomic mass is 16.4. The van der Waals surface area contributed by atoms with E-state index in [1.807, 2.05) is 0 Å². The fraction of sp³-hybridized carbons (Fsp3) is 0.375. The summed E-state index contributed by atoms with van der Waals surface area (Å²) in [6, 6.07) is 5.68. The lowest BCUT2D eigenvalue weighted by molar-refractivity contribution is -0.142. The zero-order valence-corrected chi connectivity index (χ0v) is 14.5. The summed E-state index contributed by atoms with van der Waals surface area (Å²) in [5, 5.41) is 19.7. The summed E-state index contributed by atoms with van der Waals surface area (Å²) in [5.41, 5.74) is 10.5. The monoisotopic (exact) mass is 375 g/mol. The second-order valence-corrected chi connectivity index (χ2v) is 5.79. The van der Waals surface area contributed by atoms with E-state index in [-0.39, 0.29) is 37.4 Å². The fourth-order valence-electron chi connectivity index (χ4n) is 2.40. The van der Waals surface area contributed by atoms with Crippen LogP contribution in [0.15, 0.2) is 34.1 Å². The Morgan fingerprint density at radius 3 is 2.74 bits per heavy atom. The summed E-state index contributed by atoms with van der Waals surface area (Å²) in [6.07, 6.45) is 0.461. The summed E-state index contributed by atoms with van der Waals surface area (Å²) in [7, 11) is 0. The van der Waals surface area contributed by atoms with Gasteiger partial charge in [0.15, 0.2) is 5.96 Å². The van der Waals surface area contributed by atoms with Crippen LogP contribution in [-0.2, 0) is 16.1 Å². The highest BCUT2D eigenvalue weighted by Gasteiger charge is 2.19. The van der Waals surface area contributed by atoms with Crippen molar-refractivity contribution in [3.05, 3.63) is 34.6 Å². The van der Waals surface area contributed by atoms with Crippen LogP contribution in [0, 0.1) is 0 Å². The average Bonchev–Trinajstić information content (AvgIpc) is 2.63. The van der Waals surface area contributed by atoms with E-state index in [9.17, 15) is 19.5 Å². The van der Waals surface area contributed by atoms with Crippen LogP contribution < -0.4 is 22.3 Å². The summed E-state index contributed by atoms with van der Waals surface area (Å²) < 4.78 is 1.08. The quantitative estimate of drug-likeness (QED) is 0.240. The molecule has 11 heteroatoms. The molecule has 2 aromatic rings. The van der Waals surface area contributed by atoms with Gasteiger partial charge in [0.2, 0.25) is 5.91 Å². The first-order valence-electron chi connectivity index (χ1n) is 8.28. The zero-order chi connectivity index (χ0) is 19.8. The van der Waals surface area contributed by atoms with Gasteiger partial charge in [0.05, 0.1) is 11.9 Å². The SMILES string of the molecule is NC(N)=NCCCC(NC(=O)CCn1nnc2ccccc2c1=O)C(=O)O. The van der Waals surface area contributed by atoms with E-state index in [0.717, 1.165) is 4.68 Å². The third-order valence-electron chi connectivity index (χ3n) is 3.76. The lowest BCUT2D eigenvalue weighted by Crippen LogP contribution is -2.41. The molecule has 1 amide bonds. The topological polar surface area (TPSA) is 179 Å². The van der Waals surface area contributed by atoms with Crippen molar-refractivity contribution in [2.75, 3.05) is 6.54 Å². The minimum Gasteiger partial charge on any atom is -0.480 e. The molecule has 2 rings (SSSR count). The first-order valence-corrected chi connectivity index (χ1v) is 8.28. The van der Waals surface area contributed by atoms with Crippen LogP contribution in [0.4, 0.5) is 0 Å². The molecule has 144 valence electrons. The second kappa shape index (κ2) is 9.27. The predicted molar refractivity (Wildman–Crippen MR) is 97.9 cm³/mol. The summed E-state index contributed by atoms with van der Waals surface area (Å²) >= 11 is 0. The molecule has 1 heterocycles. The largest absolute Gasteiger partial charge is 0.480 e. The Balaban J connectivity index is 1.92. The van der Waals surface area contributed by atoms with Gasteiger partial charge in [0, 0.05) is 13.0 Å². The molecule has 27 heavy (non-hydrogen) atoms. The number of carbonyl (C=O) groups excluding carboxylic acids is 1. The van der Waals surface area contributed by atoms with Gasteiger partial charge >= 0.3 is 5.97 Å². The molecule has 0 saturated carbocycles. The highest BCUT2D eigenvalue weighted by molar-refractivity contribution is 5.83. The van der Waals surface area contributed by atoms with Crippen molar-refractivity contribution in [3.63, 3.8) is 0 Å². The molecular weight excluding hydrogens is 354 g/mol. The van der Waals surface area contributed by atoms with Crippen molar-refractivity contribution in [1.82, 2.24) is 20.3 Å². The number of carboxylic acid groups (broad SMARTS) is 1. The Morgan fingerprint density at radius 2 is 2.04 bits per heavy atom. The molecule has 1 aromatic heterocycles. The molecule has 0 aliphatic rings. The van der Waals surface area contributed by atoms with Gasteiger partial charge in [-0.25, -0.2) is 9.48 Å². The molecule has 0 bridgehead atoms. The molecule has 0 aliphatic heterocycles. The van der Waals surface area contributed by atoms with Gasteiger partial charge in [0.1, 0.15) is 11.6 Å². The van der Waals surface area contributed by atoms with Gasteiger partial charge in [-0.15, -0.1) is 5.10 Å². The van der Waals surface area contributed by atoms with Crippen LogP contribution in [0.5, 0.6) is 0 Å². The van der Waals surface area contributed by atoms with E-state index >= 15 is 0 Å². The number of nitrogens with one attached hydrogen (secondary N) is 1. The summed E-state index contributed by atoms with van der Waals surface area (Å²) in [5.74, 6) is -1.74. The van der Waals surface area contributed by atoms with E-state index in [1.54, 1.807) is 24.3 Å². The Labute approximate surface area is 154 Å². The number of benzene rings is 1. The van der Waals surface area contributed by atoms with E-state index in [1.165, 1.54) is 0 Å². The summed E-state index contributed by atoms with van der Waals surface area (Å²) in [4.78, 5) is 39.4. The smallest absolute Gasteiger partial charge is 0.326 e. The molecule has 0 aliphatic carbocycles. The Hall–Kier alpha value is -3.50. The number of fused-ring (bicyclic) bond motifs is 1. The van der Waals surface area contributed by atoms with Crippen LogP contribution in [0.2, 0.25) is 0 Å². The predicted octanol–water partition coefficient (Wildman–Crippen LogP) is -1.20. The van der Waals surface area contributed by atoms with Gasteiger partial charge in [-0.3, -0.25) is 14.6 Å². The molecule has 6 N–H and O–H groups in total. The molecular formula is C16H21N7O4. The maximum atomic E-state index is 12.3. The highest BCUT2D eigenvalue weighted by Crippen LogP contribution is 2.04. The second-order valence-electron chi connectivity index (χ2n) is 5.79. The van der Waals surface area contributed by atoms with Crippen molar-refractivity contribution < 1.29 is 14.7 Å². The number of aryl methyl sites for hydroxylation is 1. The molecule has 1 atom stereocenters. The molecule has 0 spiro atoms. The van der Waals surface area contributed by atoms with E-state index in [2.05, 4.69) is 20.6 Å². The van der Waals surface area contributed by atoms with E-state index < -0.39 is 17.9 Å². The third-order valence-corrected chi connectivity index (χ3v) is 3.76. The number of nitrogens with two attached hydrogens (primary N) is 2. The molecule has 0 fully saturated rings. The Morgan fingerprint density at radius 1 is 1.30 bits per heavy atom. The summed E-state index contributed by atoms with van der Waals surface area (Å²) in [6.45, 7) is 0.257. The number of hydrogen-bond donors (Lipinski definition) is 4. The van der Waals surface area contributed by atoms with Crippen LogP contribution in [0.1, 0.15) is 19.3 Å². The molecule has 1 aromatic carbocycles. The van der Waals surface area contributed by atoms with Crippen molar-refractivity contribution in [1.29, 1.82) is 0 Å². The lowest BCUT2D eigenvalue weighted by Gasteiger charge is -2.14. The first kappa shape index (κ1) is 19.8. The number of aromatic nitrogens is 3. The van der Waals surface area contributed by atoms with Gasteiger partial charge < -0.3 is 21.9 Å². The maximum absolute atomic E-state index is 12.3. The maximum Gasteiger partial charge on any atom is 0.326 e. The fourth-order valence-corrected chi connectivity index (χ4v) is 2.40. The zero-order valence-electron chi connectivity index (χ0n) is 14.5. The van der Waals surface area contributed by atoms with Crippen LogP contribution in [-0.4, -0.2) is 50.5 Å². The Bertz CT molecular complexity index is 905. The van der Waals surface area contributed by atoms with Crippen molar-refractivity contribution in [2.45, 2.75) is 31.8 Å². The van der Waals surface area contributed by atoms with Gasteiger partial charge in [0.25, 0.3) is 5.56 Å². The number of amides is 1. The molecule has 0 radical (unpaired) electrons. The van der Waals surface area contributed by atoms with E-state index in [0.29, 0.717) is 17.3 Å². The van der Waals surface area contributed by atoms with Gasteiger partial charge in [-0.1, -0.05) is 17.3 Å². The first-order chi connectivity index (χ1) is 12.9.